The molecule has 0 N–H and O–H groups in total. The zero-order chi connectivity index (χ0) is 8.58. The zero-order valence-corrected chi connectivity index (χ0v) is 6.96. The Bertz CT molecular complexity index is 140. The molecule has 0 bridgehead atoms. The summed E-state index contributed by atoms with van der Waals surface area (Å²) in [7, 11) is 0. The van der Waals surface area contributed by atoms with Gasteiger partial charge in [0.15, 0.2) is 0 Å². The van der Waals surface area contributed by atoms with Crippen LogP contribution in [0.15, 0.2) is 12.4 Å². The second-order valence-corrected chi connectivity index (χ2v) is 3.50. The van der Waals surface area contributed by atoms with E-state index in [1.165, 1.54) is 27.7 Å². The number of alkyl halides is 1. The van der Waals surface area contributed by atoms with E-state index in [1.54, 1.807) is 0 Å². The van der Waals surface area contributed by atoms with Crippen LogP contribution >= 0.6 is 0 Å². The average Bonchev–Trinajstić information content (AvgIpc) is 1.62. The smallest absolute Gasteiger partial charge is 0.116 e. The van der Waals surface area contributed by atoms with E-state index >= 15 is 0 Å². The molecule has 0 aromatic rings. The van der Waals surface area contributed by atoms with E-state index in [0.29, 0.717) is 0 Å². The number of rotatable bonds is 2. The first-order chi connectivity index (χ1) is 4.19. The third-order valence-corrected chi connectivity index (χ3v) is 2.16. The van der Waals surface area contributed by atoms with Gasteiger partial charge in [-0.2, -0.15) is 0 Å². The summed E-state index contributed by atoms with van der Waals surface area (Å²) in [6.45, 7) is 8.77. The van der Waals surface area contributed by atoms with Gasteiger partial charge in [-0.3, -0.25) is 0 Å². The van der Waals surface area contributed by atoms with Gasteiger partial charge < -0.3 is 0 Å². The normalized spacial score (nSPS) is 13.4. The van der Waals surface area contributed by atoms with Crippen molar-refractivity contribution in [2.45, 2.75) is 33.4 Å². The van der Waals surface area contributed by atoms with E-state index in [-0.39, 0.29) is 0 Å². The Morgan fingerprint density at radius 2 is 1.50 bits per heavy atom. The van der Waals surface area contributed by atoms with E-state index in [2.05, 4.69) is 6.58 Å². The van der Waals surface area contributed by atoms with Crippen LogP contribution in [-0.4, -0.2) is 5.67 Å². The molecule has 2 heteroatoms. The zero-order valence-electron chi connectivity index (χ0n) is 6.96. The Morgan fingerprint density at radius 3 is 1.50 bits per heavy atom. The molecule has 0 aromatic heterocycles. The molecular weight excluding hydrogens is 134 g/mol. The van der Waals surface area contributed by atoms with Crippen molar-refractivity contribution in [2.24, 2.45) is 5.41 Å². The second-order valence-electron chi connectivity index (χ2n) is 3.50. The molecule has 0 nitrogen and oxygen atoms in total. The lowest BCUT2D eigenvalue weighted by molar-refractivity contribution is 0.0650. The molecule has 0 aliphatic carbocycles. The maximum absolute atomic E-state index is 13.1. The molecule has 60 valence electrons. The molecule has 0 amide bonds. The Hall–Kier alpha value is -0.400. The minimum absolute atomic E-state index is 0.611. The summed E-state index contributed by atoms with van der Waals surface area (Å²) in [6, 6.07) is 0. The number of hydrogen-bond acceptors (Lipinski definition) is 0. The van der Waals surface area contributed by atoms with Crippen molar-refractivity contribution in [3.8, 4) is 0 Å². The number of halogens is 2. The predicted molar refractivity (Wildman–Crippen MR) is 39.2 cm³/mol. The summed E-state index contributed by atoms with van der Waals surface area (Å²) < 4.78 is 25.7. The van der Waals surface area contributed by atoms with Crippen LogP contribution in [0.25, 0.3) is 0 Å². The van der Waals surface area contributed by atoms with Gasteiger partial charge in [0.1, 0.15) is 11.5 Å². The highest BCUT2D eigenvalue weighted by atomic mass is 19.2. The number of allylic oxidation sites excluding steroid dienone is 1. The summed E-state index contributed by atoms with van der Waals surface area (Å²) in [5, 5.41) is 0. The molecule has 0 rings (SSSR count). The Labute approximate surface area is 60.9 Å². The molecule has 0 spiro atoms. The van der Waals surface area contributed by atoms with E-state index < -0.39 is 16.9 Å². The minimum atomic E-state index is -1.56. The molecule has 0 saturated carbocycles. The van der Waals surface area contributed by atoms with Crippen molar-refractivity contribution in [1.29, 1.82) is 0 Å². The molecule has 0 saturated heterocycles. The van der Waals surface area contributed by atoms with Crippen LogP contribution in [-0.2, 0) is 0 Å². The fourth-order valence-electron chi connectivity index (χ4n) is 0.323. The SMILES string of the molecule is C=C(F)C(C)(C)C(C)(C)F. The van der Waals surface area contributed by atoms with Gasteiger partial charge in [0.2, 0.25) is 0 Å². The fraction of sp³-hybridized carbons (Fsp3) is 0.750. The van der Waals surface area contributed by atoms with Crippen LogP contribution in [0.4, 0.5) is 8.78 Å². The highest BCUT2D eigenvalue weighted by molar-refractivity contribution is 5.05. The van der Waals surface area contributed by atoms with Gasteiger partial charge in [-0.1, -0.05) is 20.4 Å². The monoisotopic (exact) mass is 148 g/mol. The van der Waals surface area contributed by atoms with E-state index in [4.69, 9.17) is 0 Å². The van der Waals surface area contributed by atoms with Gasteiger partial charge in [0.25, 0.3) is 0 Å². The molecule has 0 atom stereocenters. The van der Waals surface area contributed by atoms with Crippen LogP contribution in [0.2, 0.25) is 0 Å². The lowest BCUT2D eigenvalue weighted by Crippen LogP contribution is -2.34. The van der Waals surface area contributed by atoms with Gasteiger partial charge in [-0.15, -0.1) is 0 Å². The Morgan fingerprint density at radius 1 is 1.20 bits per heavy atom. The fourth-order valence-corrected chi connectivity index (χ4v) is 0.323. The van der Waals surface area contributed by atoms with Crippen molar-refractivity contribution in [2.75, 3.05) is 0 Å². The van der Waals surface area contributed by atoms with Gasteiger partial charge in [-0.05, 0) is 13.8 Å². The largest absolute Gasteiger partial charge is 0.243 e. The van der Waals surface area contributed by atoms with Crippen LogP contribution in [0, 0.1) is 5.41 Å². The van der Waals surface area contributed by atoms with E-state index in [9.17, 15) is 8.78 Å². The van der Waals surface area contributed by atoms with Crippen LogP contribution < -0.4 is 0 Å². The summed E-state index contributed by atoms with van der Waals surface area (Å²) in [5.41, 5.74) is -2.65. The summed E-state index contributed by atoms with van der Waals surface area (Å²) in [4.78, 5) is 0. The third-order valence-electron chi connectivity index (χ3n) is 2.16. The molecule has 10 heavy (non-hydrogen) atoms. The molecule has 0 fully saturated rings. The third kappa shape index (κ3) is 1.55. The predicted octanol–water partition coefficient (Wildman–Crippen LogP) is 3.24. The Balaban J connectivity index is 4.57. The van der Waals surface area contributed by atoms with Crippen molar-refractivity contribution in [3.05, 3.63) is 12.4 Å². The summed E-state index contributed by atoms with van der Waals surface area (Å²) >= 11 is 0. The highest BCUT2D eigenvalue weighted by Gasteiger charge is 2.40. The highest BCUT2D eigenvalue weighted by Crippen LogP contribution is 2.40. The molecule has 0 heterocycles. The molecule has 0 aromatic carbocycles. The second kappa shape index (κ2) is 2.33. The first-order valence-corrected chi connectivity index (χ1v) is 3.23. The van der Waals surface area contributed by atoms with Crippen LogP contribution in [0.1, 0.15) is 27.7 Å². The van der Waals surface area contributed by atoms with Gasteiger partial charge in [0.05, 0.1) is 0 Å². The Kier molecular flexibility index (Phi) is 2.24. The quantitative estimate of drug-likeness (QED) is 0.564. The van der Waals surface area contributed by atoms with Crippen molar-refractivity contribution >= 4 is 0 Å². The van der Waals surface area contributed by atoms with Gasteiger partial charge in [0, 0.05) is 5.41 Å². The molecule has 0 aliphatic rings. The summed E-state index contributed by atoms with van der Waals surface area (Å²) in [5.74, 6) is -0.611. The molecule has 0 aliphatic heterocycles. The maximum Gasteiger partial charge on any atom is 0.116 e. The van der Waals surface area contributed by atoms with E-state index in [0.717, 1.165) is 0 Å². The van der Waals surface area contributed by atoms with Crippen molar-refractivity contribution in [1.82, 2.24) is 0 Å². The molecule has 0 unspecified atom stereocenters. The summed E-state index contributed by atoms with van der Waals surface area (Å²) in [6.07, 6.45) is 0. The average molecular weight is 148 g/mol. The lowest BCUT2D eigenvalue weighted by atomic mass is 9.78. The number of hydrogen-bond donors (Lipinski definition) is 0. The van der Waals surface area contributed by atoms with Crippen LogP contribution in [0.3, 0.4) is 0 Å². The van der Waals surface area contributed by atoms with E-state index in [1.807, 2.05) is 0 Å². The molecular formula is C8H14F2. The first-order valence-electron chi connectivity index (χ1n) is 3.23. The maximum atomic E-state index is 13.1. The standard InChI is InChI=1S/C8H14F2/c1-6(9)7(2,3)8(4,5)10/h1H2,2-5H3. The van der Waals surface area contributed by atoms with Gasteiger partial charge >= 0.3 is 0 Å². The topological polar surface area (TPSA) is 0 Å². The molecule has 0 radical (unpaired) electrons. The van der Waals surface area contributed by atoms with Crippen molar-refractivity contribution in [3.63, 3.8) is 0 Å². The first kappa shape index (κ1) is 9.60. The minimum Gasteiger partial charge on any atom is -0.243 e. The van der Waals surface area contributed by atoms with Crippen LogP contribution in [0.5, 0.6) is 0 Å². The van der Waals surface area contributed by atoms with Crippen molar-refractivity contribution < 1.29 is 8.78 Å². The van der Waals surface area contributed by atoms with Gasteiger partial charge in [-0.25, -0.2) is 8.78 Å². The lowest BCUT2D eigenvalue weighted by Gasteiger charge is -2.32.